The zero-order valence-corrected chi connectivity index (χ0v) is 19.1. The number of amides is 2. The van der Waals surface area contributed by atoms with Crippen LogP contribution >= 0.6 is 0 Å². The Bertz CT molecular complexity index is 1010. The molecular weight excluding hydrogens is 402 g/mol. The zero-order chi connectivity index (χ0) is 22.6. The van der Waals surface area contributed by atoms with Crippen molar-refractivity contribution in [2.45, 2.75) is 38.6 Å². The van der Waals surface area contributed by atoms with Gasteiger partial charge in [0.25, 0.3) is 5.91 Å². The molecule has 2 aromatic carbocycles. The first kappa shape index (κ1) is 23.6. The van der Waals surface area contributed by atoms with Crippen LogP contribution in [-0.2, 0) is 14.8 Å². The lowest BCUT2D eigenvalue weighted by Gasteiger charge is -2.21. The summed E-state index contributed by atoms with van der Waals surface area (Å²) in [6.07, 6.45) is 0. The van der Waals surface area contributed by atoms with Gasteiger partial charge in [-0.2, -0.15) is 4.31 Å². The minimum absolute atomic E-state index is 0.116. The van der Waals surface area contributed by atoms with Gasteiger partial charge >= 0.3 is 0 Å². The predicted molar refractivity (Wildman–Crippen MR) is 118 cm³/mol. The number of hydrogen-bond acceptors (Lipinski definition) is 4. The summed E-state index contributed by atoms with van der Waals surface area (Å²) in [5.74, 6) is -0.672. The summed E-state index contributed by atoms with van der Waals surface area (Å²) >= 11 is 0. The van der Waals surface area contributed by atoms with E-state index in [1.54, 1.807) is 13.8 Å². The maximum absolute atomic E-state index is 12.7. The van der Waals surface area contributed by atoms with Crippen LogP contribution in [0.3, 0.4) is 0 Å². The molecule has 1 N–H and O–H groups in total. The van der Waals surface area contributed by atoms with Crippen LogP contribution in [0.25, 0.3) is 0 Å². The van der Waals surface area contributed by atoms with E-state index in [0.29, 0.717) is 5.56 Å². The van der Waals surface area contributed by atoms with E-state index in [9.17, 15) is 18.0 Å². The average molecular weight is 432 g/mol. The van der Waals surface area contributed by atoms with Crippen LogP contribution in [0.2, 0.25) is 0 Å². The van der Waals surface area contributed by atoms with Crippen LogP contribution in [0.1, 0.15) is 35.3 Å². The van der Waals surface area contributed by atoms with Gasteiger partial charge in [0.05, 0.1) is 11.4 Å². The fourth-order valence-corrected chi connectivity index (χ4v) is 4.28. The third-order valence-corrected chi connectivity index (χ3v) is 7.03. The molecule has 0 bridgehead atoms. The summed E-state index contributed by atoms with van der Waals surface area (Å²) in [5, 5.41) is 2.85. The Morgan fingerprint density at radius 3 is 2.00 bits per heavy atom. The molecule has 8 heteroatoms. The van der Waals surface area contributed by atoms with E-state index in [1.165, 1.54) is 47.6 Å². The topological polar surface area (TPSA) is 86.8 Å². The highest BCUT2D eigenvalue weighted by Crippen LogP contribution is 2.20. The number of likely N-dealkylation sites (N-methyl/N-ethyl adjacent to an activating group) is 1. The Balaban J connectivity index is 2.08. The second-order valence-corrected chi connectivity index (χ2v) is 9.61. The van der Waals surface area contributed by atoms with Crippen LogP contribution in [0.5, 0.6) is 0 Å². The van der Waals surface area contributed by atoms with Crippen molar-refractivity contribution in [1.82, 2.24) is 9.21 Å². The van der Waals surface area contributed by atoms with Gasteiger partial charge in [-0.1, -0.05) is 18.2 Å². The molecule has 0 radical (unpaired) electrons. The minimum Gasteiger partial charge on any atom is -0.332 e. The van der Waals surface area contributed by atoms with Crippen molar-refractivity contribution in [3.63, 3.8) is 0 Å². The molecule has 7 nitrogen and oxygen atoms in total. The third kappa shape index (κ3) is 5.25. The fourth-order valence-electron chi connectivity index (χ4n) is 2.91. The normalized spacial score (nSPS) is 11.6. The monoisotopic (exact) mass is 431 g/mol. The smallest absolute Gasteiger partial charge is 0.254 e. The van der Waals surface area contributed by atoms with Crippen molar-refractivity contribution in [2.24, 2.45) is 0 Å². The number of benzene rings is 2. The third-order valence-electron chi connectivity index (χ3n) is 4.98. The molecule has 162 valence electrons. The molecule has 2 rings (SSSR count). The molecule has 2 amide bonds. The standard InChI is InChI=1S/C22H29N3O4S/c1-15(2)25(6)30(28,29)19-12-10-18(11-13-19)22(27)24(5)14-20(26)23-21-16(3)8-7-9-17(21)4/h7-13,15H,14H2,1-6H3,(H,23,26). The summed E-state index contributed by atoms with van der Waals surface area (Å²) in [4.78, 5) is 26.5. The summed E-state index contributed by atoms with van der Waals surface area (Å²) in [5.41, 5.74) is 2.94. The highest BCUT2D eigenvalue weighted by atomic mass is 32.2. The highest BCUT2D eigenvalue weighted by molar-refractivity contribution is 7.89. The first-order valence-electron chi connectivity index (χ1n) is 9.64. The molecular formula is C22H29N3O4S. The molecule has 0 aliphatic heterocycles. The summed E-state index contributed by atoms with van der Waals surface area (Å²) in [6.45, 7) is 7.26. The van der Waals surface area contributed by atoms with Crippen molar-refractivity contribution < 1.29 is 18.0 Å². The molecule has 0 aliphatic carbocycles. The molecule has 0 heterocycles. The molecule has 0 atom stereocenters. The van der Waals surface area contributed by atoms with Gasteiger partial charge < -0.3 is 10.2 Å². The van der Waals surface area contributed by atoms with E-state index in [1.807, 2.05) is 32.0 Å². The maximum atomic E-state index is 12.7. The van der Waals surface area contributed by atoms with Crippen LogP contribution in [0, 0.1) is 13.8 Å². The number of carbonyl (C=O) groups is 2. The number of anilines is 1. The van der Waals surface area contributed by atoms with E-state index >= 15 is 0 Å². The fraction of sp³-hybridized carbons (Fsp3) is 0.364. The molecule has 0 fully saturated rings. The number of para-hydroxylation sites is 1. The van der Waals surface area contributed by atoms with Crippen molar-refractivity contribution in [3.05, 3.63) is 59.2 Å². The van der Waals surface area contributed by atoms with Crippen LogP contribution in [0.4, 0.5) is 5.69 Å². The summed E-state index contributed by atoms with van der Waals surface area (Å²) in [7, 11) is -0.571. The zero-order valence-electron chi connectivity index (χ0n) is 18.3. The van der Waals surface area contributed by atoms with Crippen LogP contribution in [-0.4, -0.2) is 56.1 Å². The van der Waals surface area contributed by atoms with Crippen molar-refractivity contribution in [1.29, 1.82) is 0 Å². The van der Waals surface area contributed by atoms with E-state index in [-0.39, 0.29) is 29.3 Å². The van der Waals surface area contributed by atoms with Crippen LogP contribution in [0.15, 0.2) is 47.4 Å². The second kappa shape index (κ2) is 9.40. The maximum Gasteiger partial charge on any atom is 0.254 e. The van der Waals surface area contributed by atoms with E-state index in [2.05, 4.69) is 5.32 Å². The molecule has 0 saturated carbocycles. The molecule has 0 saturated heterocycles. The molecule has 30 heavy (non-hydrogen) atoms. The molecule has 0 aliphatic rings. The van der Waals surface area contributed by atoms with Gasteiger partial charge in [-0.3, -0.25) is 9.59 Å². The molecule has 0 unspecified atom stereocenters. The number of rotatable bonds is 7. The Hall–Kier alpha value is -2.71. The number of aryl methyl sites for hydroxylation is 2. The molecule has 0 spiro atoms. The minimum atomic E-state index is -3.62. The first-order valence-corrected chi connectivity index (χ1v) is 11.1. The SMILES string of the molecule is Cc1cccc(C)c1NC(=O)CN(C)C(=O)c1ccc(S(=O)(=O)N(C)C(C)C)cc1. The van der Waals surface area contributed by atoms with E-state index < -0.39 is 10.0 Å². The van der Waals surface area contributed by atoms with Gasteiger partial charge in [0.15, 0.2) is 0 Å². The lowest BCUT2D eigenvalue weighted by Crippen LogP contribution is -2.35. The van der Waals surface area contributed by atoms with E-state index in [4.69, 9.17) is 0 Å². The number of carbonyl (C=O) groups excluding carboxylic acids is 2. The number of nitrogens with one attached hydrogen (secondary N) is 1. The highest BCUT2D eigenvalue weighted by Gasteiger charge is 2.24. The van der Waals surface area contributed by atoms with Crippen LogP contribution < -0.4 is 5.32 Å². The second-order valence-electron chi connectivity index (χ2n) is 7.62. The van der Waals surface area contributed by atoms with Gasteiger partial charge in [0.2, 0.25) is 15.9 Å². The lowest BCUT2D eigenvalue weighted by atomic mass is 10.1. The lowest BCUT2D eigenvalue weighted by molar-refractivity contribution is -0.116. The van der Waals surface area contributed by atoms with Gasteiger partial charge in [-0.15, -0.1) is 0 Å². The molecule has 2 aromatic rings. The summed E-state index contributed by atoms with van der Waals surface area (Å²) < 4.78 is 26.4. The van der Waals surface area contributed by atoms with Crippen molar-refractivity contribution in [2.75, 3.05) is 26.0 Å². The number of sulfonamides is 1. The summed E-state index contributed by atoms with van der Waals surface area (Å²) in [6, 6.07) is 11.3. The Morgan fingerprint density at radius 2 is 1.50 bits per heavy atom. The number of nitrogens with zero attached hydrogens (tertiary/aromatic N) is 2. The number of hydrogen-bond donors (Lipinski definition) is 1. The quantitative estimate of drug-likeness (QED) is 0.730. The largest absolute Gasteiger partial charge is 0.332 e. The Kier molecular flexibility index (Phi) is 7.39. The van der Waals surface area contributed by atoms with Gasteiger partial charge in [-0.05, 0) is 63.1 Å². The average Bonchev–Trinajstić information content (AvgIpc) is 2.69. The van der Waals surface area contributed by atoms with Gasteiger partial charge in [0.1, 0.15) is 0 Å². The Morgan fingerprint density at radius 1 is 0.967 bits per heavy atom. The predicted octanol–water partition coefficient (Wildman–Crippen LogP) is 3.04. The van der Waals surface area contributed by atoms with Gasteiger partial charge in [0, 0.05) is 31.4 Å². The van der Waals surface area contributed by atoms with Crippen molar-refractivity contribution >= 4 is 27.5 Å². The van der Waals surface area contributed by atoms with Crippen molar-refractivity contribution in [3.8, 4) is 0 Å². The molecule has 0 aromatic heterocycles. The first-order chi connectivity index (χ1) is 13.9. The Labute approximate surface area is 178 Å². The van der Waals surface area contributed by atoms with E-state index in [0.717, 1.165) is 16.8 Å². The van der Waals surface area contributed by atoms with Gasteiger partial charge in [-0.25, -0.2) is 8.42 Å².